The molecule has 0 saturated carbocycles. The lowest BCUT2D eigenvalue weighted by atomic mass is 10.3. The van der Waals surface area contributed by atoms with Gasteiger partial charge in [0, 0.05) is 26.2 Å². The Balaban J connectivity index is 1.98. The van der Waals surface area contributed by atoms with E-state index in [-0.39, 0.29) is 0 Å². The minimum absolute atomic E-state index is 0.325. The van der Waals surface area contributed by atoms with Crippen LogP contribution in [0.5, 0.6) is 0 Å². The van der Waals surface area contributed by atoms with Gasteiger partial charge in [-0.2, -0.15) is 13.2 Å². The number of anilines is 1. The topological polar surface area (TPSA) is 45.7 Å². The molecule has 1 aromatic rings. The van der Waals surface area contributed by atoms with Crippen LogP contribution in [0.3, 0.4) is 0 Å². The Morgan fingerprint density at radius 1 is 1.33 bits per heavy atom. The zero-order valence-corrected chi connectivity index (χ0v) is 12.6. The van der Waals surface area contributed by atoms with Crippen molar-refractivity contribution >= 4 is 22.4 Å². The summed E-state index contributed by atoms with van der Waals surface area (Å²) in [5.74, 6) is -0.438. The summed E-state index contributed by atoms with van der Waals surface area (Å²) in [5, 5.41) is 0.652. The van der Waals surface area contributed by atoms with Gasteiger partial charge in [0.05, 0.1) is 19.3 Å². The predicted octanol–water partition coefficient (Wildman–Crippen LogP) is 1.92. The lowest BCUT2D eigenvalue weighted by Crippen LogP contribution is -2.49. The molecular weight excluding hydrogens is 307 g/mol. The number of alkyl halides is 3. The van der Waals surface area contributed by atoms with Crippen molar-refractivity contribution in [2.75, 3.05) is 44.7 Å². The molecule has 1 aliphatic heterocycles. The van der Waals surface area contributed by atoms with Crippen molar-refractivity contribution in [3.63, 3.8) is 0 Å². The van der Waals surface area contributed by atoms with E-state index in [9.17, 15) is 18.0 Å². The molecule has 0 spiro atoms. The SMILES string of the molecule is COC(=O)c1sc(N2CCN(CC(F)(F)F)CC2)nc1C. The van der Waals surface area contributed by atoms with Crippen molar-refractivity contribution in [2.24, 2.45) is 0 Å². The number of methoxy groups -OCH3 is 1. The van der Waals surface area contributed by atoms with Gasteiger partial charge in [-0.15, -0.1) is 0 Å². The van der Waals surface area contributed by atoms with Crippen LogP contribution in [-0.2, 0) is 4.74 Å². The van der Waals surface area contributed by atoms with Crippen LogP contribution in [0.1, 0.15) is 15.4 Å². The summed E-state index contributed by atoms with van der Waals surface area (Å²) >= 11 is 1.21. The molecule has 0 radical (unpaired) electrons. The Morgan fingerprint density at radius 2 is 1.95 bits per heavy atom. The standard InChI is InChI=1S/C12H16F3N3O2S/c1-8-9(10(19)20-2)21-11(16-8)18-5-3-17(4-6-18)7-12(13,14)15/h3-7H2,1-2H3. The maximum atomic E-state index is 12.3. The van der Waals surface area contributed by atoms with Crippen molar-refractivity contribution in [1.82, 2.24) is 9.88 Å². The Labute approximate surface area is 124 Å². The number of aryl methyl sites for hydroxylation is 1. The van der Waals surface area contributed by atoms with Crippen LogP contribution >= 0.6 is 11.3 Å². The molecule has 1 aliphatic rings. The number of ether oxygens (including phenoxy) is 1. The fraction of sp³-hybridized carbons (Fsp3) is 0.667. The van der Waals surface area contributed by atoms with Crippen LogP contribution in [0.4, 0.5) is 18.3 Å². The van der Waals surface area contributed by atoms with Crippen LogP contribution in [0.25, 0.3) is 0 Å². The third-order valence-corrected chi connectivity index (χ3v) is 4.40. The van der Waals surface area contributed by atoms with E-state index in [0.29, 0.717) is 41.9 Å². The van der Waals surface area contributed by atoms with Gasteiger partial charge in [0.25, 0.3) is 0 Å². The van der Waals surface area contributed by atoms with E-state index in [1.807, 2.05) is 4.90 Å². The zero-order chi connectivity index (χ0) is 15.6. The minimum Gasteiger partial charge on any atom is -0.465 e. The number of carbonyl (C=O) groups is 1. The molecule has 0 bridgehead atoms. The van der Waals surface area contributed by atoms with Crippen LogP contribution in [0.15, 0.2) is 0 Å². The second kappa shape index (κ2) is 6.18. The van der Waals surface area contributed by atoms with Gasteiger partial charge in [0.15, 0.2) is 5.13 Å². The molecule has 1 aromatic heterocycles. The Morgan fingerprint density at radius 3 is 2.48 bits per heavy atom. The summed E-state index contributed by atoms with van der Waals surface area (Å²) in [6.45, 7) is 2.40. The highest BCUT2D eigenvalue weighted by Gasteiger charge is 2.32. The van der Waals surface area contributed by atoms with Gasteiger partial charge < -0.3 is 9.64 Å². The molecule has 0 atom stereocenters. The van der Waals surface area contributed by atoms with Crippen LogP contribution < -0.4 is 4.90 Å². The van der Waals surface area contributed by atoms with E-state index in [0.717, 1.165) is 0 Å². The highest BCUT2D eigenvalue weighted by atomic mass is 32.1. The molecule has 5 nitrogen and oxygen atoms in total. The van der Waals surface area contributed by atoms with Crippen molar-refractivity contribution in [2.45, 2.75) is 13.1 Å². The molecule has 2 rings (SSSR count). The minimum atomic E-state index is -4.17. The third kappa shape index (κ3) is 4.07. The monoisotopic (exact) mass is 323 g/mol. The van der Waals surface area contributed by atoms with Gasteiger partial charge in [-0.3, -0.25) is 4.90 Å². The van der Waals surface area contributed by atoms with E-state index in [2.05, 4.69) is 9.72 Å². The van der Waals surface area contributed by atoms with E-state index in [1.165, 1.54) is 23.3 Å². The van der Waals surface area contributed by atoms with Crippen LogP contribution in [-0.4, -0.2) is 61.9 Å². The quantitative estimate of drug-likeness (QED) is 0.795. The number of esters is 1. The van der Waals surface area contributed by atoms with Crippen molar-refractivity contribution in [1.29, 1.82) is 0 Å². The highest BCUT2D eigenvalue weighted by molar-refractivity contribution is 7.17. The van der Waals surface area contributed by atoms with Gasteiger partial charge in [-0.25, -0.2) is 9.78 Å². The maximum Gasteiger partial charge on any atom is 0.401 e. The smallest absolute Gasteiger partial charge is 0.401 e. The van der Waals surface area contributed by atoms with Gasteiger partial charge in [-0.1, -0.05) is 11.3 Å². The predicted molar refractivity (Wildman–Crippen MR) is 72.9 cm³/mol. The first-order valence-electron chi connectivity index (χ1n) is 6.40. The molecule has 0 aromatic carbocycles. The summed E-state index contributed by atoms with van der Waals surface area (Å²) in [6, 6.07) is 0. The summed E-state index contributed by atoms with van der Waals surface area (Å²) in [4.78, 5) is 19.5. The molecule has 0 aliphatic carbocycles. The first-order valence-corrected chi connectivity index (χ1v) is 7.21. The maximum absolute atomic E-state index is 12.3. The average molecular weight is 323 g/mol. The lowest BCUT2D eigenvalue weighted by molar-refractivity contribution is -0.146. The molecule has 0 amide bonds. The Kier molecular flexibility index (Phi) is 4.72. The molecular formula is C12H16F3N3O2S. The van der Waals surface area contributed by atoms with Crippen molar-refractivity contribution in [3.05, 3.63) is 10.6 Å². The molecule has 0 N–H and O–H groups in total. The number of rotatable bonds is 3. The van der Waals surface area contributed by atoms with Gasteiger partial charge >= 0.3 is 12.1 Å². The number of hydrogen-bond acceptors (Lipinski definition) is 6. The number of piperazine rings is 1. The summed E-state index contributed by atoms with van der Waals surface area (Å²) in [7, 11) is 1.30. The van der Waals surface area contributed by atoms with E-state index in [1.54, 1.807) is 6.92 Å². The number of aromatic nitrogens is 1. The average Bonchev–Trinajstić information content (AvgIpc) is 2.79. The fourth-order valence-corrected chi connectivity index (χ4v) is 3.19. The lowest BCUT2D eigenvalue weighted by Gasteiger charge is -2.34. The zero-order valence-electron chi connectivity index (χ0n) is 11.7. The Bertz CT molecular complexity index is 510. The molecule has 0 unspecified atom stereocenters. The van der Waals surface area contributed by atoms with Gasteiger partial charge in [0.1, 0.15) is 4.88 Å². The van der Waals surface area contributed by atoms with Gasteiger partial charge in [0.2, 0.25) is 0 Å². The van der Waals surface area contributed by atoms with E-state index < -0.39 is 18.7 Å². The summed E-state index contributed by atoms with van der Waals surface area (Å²) < 4.78 is 41.7. The number of hydrogen-bond donors (Lipinski definition) is 0. The largest absolute Gasteiger partial charge is 0.465 e. The van der Waals surface area contributed by atoms with Gasteiger partial charge in [-0.05, 0) is 6.92 Å². The van der Waals surface area contributed by atoms with Crippen LogP contribution in [0, 0.1) is 6.92 Å². The first-order chi connectivity index (χ1) is 9.80. The van der Waals surface area contributed by atoms with E-state index in [4.69, 9.17) is 0 Å². The number of halogens is 3. The Hall–Kier alpha value is -1.35. The normalized spacial score (nSPS) is 17.1. The first kappa shape index (κ1) is 16.0. The van der Waals surface area contributed by atoms with E-state index >= 15 is 0 Å². The molecule has 2 heterocycles. The highest BCUT2D eigenvalue weighted by Crippen LogP contribution is 2.28. The molecule has 9 heteroatoms. The summed E-state index contributed by atoms with van der Waals surface area (Å²) in [5.41, 5.74) is 0.583. The van der Waals surface area contributed by atoms with Crippen LogP contribution in [0.2, 0.25) is 0 Å². The second-order valence-corrected chi connectivity index (χ2v) is 5.76. The summed E-state index contributed by atoms with van der Waals surface area (Å²) in [6.07, 6.45) is -4.17. The van der Waals surface area contributed by atoms with Crippen molar-refractivity contribution in [3.8, 4) is 0 Å². The molecule has 1 saturated heterocycles. The molecule has 118 valence electrons. The number of nitrogens with zero attached hydrogens (tertiary/aromatic N) is 3. The second-order valence-electron chi connectivity index (χ2n) is 4.78. The fourth-order valence-electron chi connectivity index (χ4n) is 2.15. The molecule has 1 fully saturated rings. The van der Waals surface area contributed by atoms with Crippen molar-refractivity contribution < 1.29 is 22.7 Å². The molecule has 21 heavy (non-hydrogen) atoms. The third-order valence-electron chi connectivity index (χ3n) is 3.20. The number of carbonyl (C=O) groups excluding carboxylic acids is 1. The number of thiazole rings is 1.